The highest BCUT2D eigenvalue weighted by Gasteiger charge is 2.25. The van der Waals surface area contributed by atoms with Crippen molar-refractivity contribution >= 4 is 23.2 Å². The van der Waals surface area contributed by atoms with Gasteiger partial charge in [-0.2, -0.15) is 0 Å². The van der Waals surface area contributed by atoms with Crippen LogP contribution in [-0.4, -0.2) is 67.3 Å². The molecule has 1 saturated heterocycles. The Labute approximate surface area is 170 Å². The summed E-state index contributed by atoms with van der Waals surface area (Å²) in [6, 6.07) is 7.64. The van der Waals surface area contributed by atoms with Crippen molar-refractivity contribution in [3.63, 3.8) is 0 Å². The number of Topliss-reactive ketones (excluding diaryl/α,β-unsaturated/α-hetero) is 2. The number of methoxy groups -OCH3 is 1. The Balaban J connectivity index is 1.60. The third-order valence-electron chi connectivity index (χ3n) is 5.48. The number of carbonyl (C=O) groups excluding carboxylic acids is 3. The van der Waals surface area contributed by atoms with Crippen molar-refractivity contribution in [2.24, 2.45) is 0 Å². The smallest absolute Gasteiger partial charge is 0.339 e. The van der Waals surface area contributed by atoms with Crippen LogP contribution in [-0.2, 0) is 4.74 Å². The van der Waals surface area contributed by atoms with Gasteiger partial charge in [-0.1, -0.05) is 0 Å². The maximum Gasteiger partial charge on any atom is 0.339 e. The van der Waals surface area contributed by atoms with Crippen molar-refractivity contribution < 1.29 is 19.1 Å². The zero-order valence-corrected chi connectivity index (χ0v) is 17.4. The zero-order chi connectivity index (χ0) is 21.1. The molecule has 154 valence electrons. The number of nitrogens with zero attached hydrogens (tertiary/aromatic N) is 2. The van der Waals surface area contributed by atoms with Crippen LogP contribution in [0.15, 0.2) is 24.3 Å². The molecule has 0 unspecified atom stereocenters. The van der Waals surface area contributed by atoms with Gasteiger partial charge in [0.1, 0.15) is 0 Å². The number of ketones is 2. The van der Waals surface area contributed by atoms with Gasteiger partial charge >= 0.3 is 5.97 Å². The Bertz CT molecular complexity index is 922. The molecule has 0 atom stereocenters. The van der Waals surface area contributed by atoms with E-state index >= 15 is 0 Å². The van der Waals surface area contributed by atoms with E-state index in [9.17, 15) is 14.4 Å². The third kappa shape index (κ3) is 4.40. The zero-order valence-electron chi connectivity index (χ0n) is 17.4. The van der Waals surface area contributed by atoms with Crippen molar-refractivity contribution in [3.05, 3.63) is 52.3 Å². The number of hydrogen-bond donors (Lipinski definition) is 1. The summed E-state index contributed by atoms with van der Waals surface area (Å²) in [7, 11) is 1.34. The maximum atomic E-state index is 12.8. The molecule has 1 aliphatic heterocycles. The summed E-state index contributed by atoms with van der Waals surface area (Å²) in [5, 5.41) is 0. The molecule has 0 saturated carbocycles. The van der Waals surface area contributed by atoms with Crippen LogP contribution in [0.3, 0.4) is 0 Å². The summed E-state index contributed by atoms with van der Waals surface area (Å²) in [6.45, 7) is 8.56. The van der Waals surface area contributed by atoms with Gasteiger partial charge in [0.2, 0.25) is 0 Å². The lowest BCUT2D eigenvalue weighted by Gasteiger charge is -2.35. The highest BCUT2D eigenvalue weighted by molar-refractivity contribution is 6.02. The molecule has 2 aromatic rings. The molecule has 1 N–H and O–H groups in total. The van der Waals surface area contributed by atoms with Gasteiger partial charge in [0.25, 0.3) is 0 Å². The van der Waals surface area contributed by atoms with Gasteiger partial charge < -0.3 is 14.6 Å². The Hall–Kier alpha value is -2.93. The number of anilines is 1. The normalized spacial score (nSPS) is 14.7. The van der Waals surface area contributed by atoms with Gasteiger partial charge in [0.15, 0.2) is 11.6 Å². The molecule has 0 aliphatic carbocycles. The lowest BCUT2D eigenvalue weighted by atomic mass is 10.1. The van der Waals surface area contributed by atoms with E-state index in [4.69, 9.17) is 4.74 Å². The Morgan fingerprint density at radius 2 is 1.66 bits per heavy atom. The molecule has 3 rings (SSSR count). The minimum atomic E-state index is -0.431. The summed E-state index contributed by atoms with van der Waals surface area (Å²) in [4.78, 5) is 43.6. The average Bonchev–Trinajstić information content (AvgIpc) is 3.02. The molecule has 7 nitrogen and oxygen atoms in total. The standard InChI is InChI=1S/C22H27N3O4/c1-14-20(22(28)29-4)15(2)23-21(14)19(27)13-24-9-11-25(12-10-24)18-7-5-17(6-8-18)16(3)26/h5-8,23H,9-13H2,1-4H3. The Morgan fingerprint density at radius 1 is 1.03 bits per heavy atom. The molecule has 2 heterocycles. The summed E-state index contributed by atoms with van der Waals surface area (Å²) < 4.78 is 4.81. The number of aryl methyl sites for hydroxylation is 1. The number of H-pyrrole nitrogens is 1. The van der Waals surface area contributed by atoms with Crippen LogP contribution < -0.4 is 4.90 Å². The molecule has 1 fully saturated rings. The van der Waals surface area contributed by atoms with Crippen molar-refractivity contribution in [3.8, 4) is 0 Å². The Kier molecular flexibility index (Phi) is 6.17. The number of hydrogen-bond acceptors (Lipinski definition) is 6. The fourth-order valence-corrected chi connectivity index (χ4v) is 3.79. The predicted octanol–water partition coefficient (Wildman–Crippen LogP) is 2.63. The quantitative estimate of drug-likeness (QED) is 0.596. The van der Waals surface area contributed by atoms with E-state index < -0.39 is 5.97 Å². The number of aromatic nitrogens is 1. The first-order valence-corrected chi connectivity index (χ1v) is 9.70. The van der Waals surface area contributed by atoms with Gasteiger partial charge in [-0.25, -0.2) is 4.79 Å². The molecule has 1 aromatic carbocycles. The molecule has 0 radical (unpaired) electrons. The van der Waals surface area contributed by atoms with E-state index in [2.05, 4.69) is 14.8 Å². The molecular formula is C22H27N3O4. The van der Waals surface area contributed by atoms with Crippen LogP contribution in [0.4, 0.5) is 5.69 Å². The lowest BCUT2D eigenvalue weighted by Crippen LogP contribution is -2.48. The highest BCUT2D eigenvalue weighted by atomic mass is 16.5. The fraction of sp³-hybridized carbons (Fsp3) is 0.409. The van der Waals surface area contributed by atoms with Gasteiger partial charge in [-0.3, -0.25) is 14.5 Å². The SMILES string of the molecule is COC(=O)c1c(C)[nH]c(C(=O)CN2CCN(c3ccc(C(C)=O)cc3)CC2)c1C. The van der Waals surface area contributed by atoms with Crippen molar-refractivity contribution in [1.82, 2.24) is 9.88 Å². The van der Waals surface area contributed by atoms with Crippen molar-refractivity contribution in [2.75, 3.05) is 44.7 Å². The first kappa shape index (κ1) is 20.8. The van der Waals surface area contributed by atoms with E-state index in [1.54, 1.807) is 20.8 Å². The van der Waals surface area contributed by atoms with Gasteiger partial charge in [-0.05, 0) is 50.6 Å². The number of carbonyl (C=O) groups is 3. The first-order valence-electron chi connectivity index (χ1n) is 9.70. The number of rotatable bonds is 6. The topological polar surface area (TPSA) is 82.7 Å². The molecule has 1 aromatic heterocycles. The van der Waals surface area contributed by atoms with Gasteiger partial charge in [-0.15, -0.1) is 0 Å². The van der Waals surface area contributed by atoms with E-state index in [1.165, 1.54) is 7.11 Å². The van der Waals surface area contributed by atoms with Crippen LogP contribution in [0, 0.1) is 13.8 Å². The van der Waals surface area contributed by atoms with Crippen LogP contribution >= 0.6 is 0 Å². The number of nitrogens with one attached hydrogen (secondary N) is 1. The number of benzene rings is 1. The second kappa shape index (κ2) is 8.61. The van der Waals surface area contributed by atoms with Crippen LogP contribution in [0.2, 0.25) is 0 Å². The number of aromatic amines is 1. The Morgan fingerprint density at radius 3 is 2.21 bits per heavy atom. The fourth-order valence-electron chi connectivity index (χ4n) is 3.79. The average molecular weight is 397 g/mol. The third-order valence-corrected chi connectivity index (χ3v) is 5.48. The van der Waals surface area contributed by atoms with E-state index in [0.29, 0.717) is 34.6 Å². The van der Waals surface area contributed by atoms with Crippen LogP contribution in [0.1, 0.15) is 49.4 Å². The molecule has 29 heavy (non-hydrogen) atoms. The van der Waals surface area contributed by atoms with Crippen LogP contribution in [0.25, 0.3) is 0 Å². The first-order chi connectivity index (χ1) is 13.8. The molecule has 0 spiro atoms. The highest BCUT2D eigenvalue weighted by Crippen LogP contribution is 2.21. The number of esters is 1. The molecule has 7 heteroatoms. The second-order valence-corrected chi connectivity index (χ2v) is 7.41. The van der Waals surface area contributed by atoms with E-state index in [-0.39, 0.29) is 11.6 Å². The number of ether oxygens (including phenoxy) is 1. The molecule has 0 bridgehead atoms. The second-order valence-electron chi connectivity index (χ2n) is 7.41. The monoisotopic (exact) mass is 397 g/mol. The van der Waals surface area contributed by atoms with Crippen molar-refractivity contribution in [2.45, 2.75) is 20.8 Å². The maximum absolute atomic E-state index is 12.8. The minimum absolute atomic E-state index is 0.0278. The lowest BCUT2D eigenvalue weighted by molar-refractivity contribution is 0.0599. The summed E-state index contributed by atoms with van der Waals surface area (Å²) >= 11 is 0. The summed E-state index contributed by atoms with van der Waals surface area (Å²) in [5.74, 6) is -0.398. The van der Waals surface area contributed by atoms with E-state index in [0.717, 1.165) is 31.9 Å². The summed E-state index contributed by atoms with van der Waals surface area (Å²) in [5.41, 5.74) is 4.00. The largest absolute Gasteiger partial charge is 0.465 e. The summed E-state index contributed by atoms with van der Waals surface area (Å²) in [6.07, 6.45) is 0. The van der Waals surface area contributed by atoms with Gasteiger partial charge in [0, 0.05) is 43.1 Å². The molecule has 0 amide bonds. The minimum Gasteiger partial charge on any atom is -0.465 e. The molecular weight excluding hydrogens is 370 g/mol. The predicted molar refractivity (Wildman–Crippen MR) is 111 cm³/mol. The van der Waals surface area contributed by atoms with Crippen molar-refractivity contribution in [1.29, 1.82) is 0 Å². The molecule has 1 aliphatic rings. The van der Waals surface area contributed by atoms with Crippen LogP contribution in [0.5, 0.6) is 0 Å². The van der Waals surface area contributed by atoms with E-state index in [1.807, 2.05) is 24.3 Å². The van der Waals surface area contributed by atoms with Gasteiger partial charge in [0.05, 0.1) is 24.9 Å². The number of piperazine rings is 1.